The topological polar surface area (TPSA) is 108 Å². The number of esters is 1. The minimum atomic E-state index is -2.96. The molecule has 0 saturated heterocycles. The lowest BCUT2D eigenvalue weighted by molar-refractivity contribution is -0.139. The maximum Gasteiger partial charge on any atom is 0.387 e. The number of nitrogens with zero attached hydrogens (tertiary/aromatic N) is 1. The quantitative estimate of drug-likeness (QED) is 0.467. The Balaban J connectivity index is 1.66. The zero-order valence-corrected chi connectivity index (χ0v) is 15.5. The predicted molar refractivity (Wildman–Crippen MR) is 95.6 cm³/mol. The third kappa shape index (κ3) is 7.35. The number of halogens is 2. The van der Waals surface area contributed by atoms with E-state index in [-0.39, 0.29) is 34.5 Å². The van der Waals surface area contributed by atoms with E-state index in [4.69, 9.17) is 9.26 Å². The molecule has 8 nitrogen and oxygen atoms in total. The van der Waals surface area contributed by atoms with Gasteiger partial charge in [0.2, 0.25) is 5.91 Å². The molecule has 1 aromatic heterocycles. The summed E-state index contributed by atoms with van der Waals surface area (Å²) >= 11 is 1.01. The SMILES string of the molecule is Cc1cc(NC(=O)CSCC(=O)OCC(=O)c2ccc(OC(F)F)cc2)no1. The first kappa shape index (κ1) is 21.4. The molecule has 0 aliphatic rings. The van der Waals surface area contributed by atoms with Gasteiger partial charge in [-0.1, -0.05) is 5.16 Å². The standard InChI is InChI=1S/C17H16F2N2O6S/c1-10-6-14(21-27-10)20-15(23)8-28-9-16(24)25-7-13(22)11-2-4-12(5-3-11)26-17(18)19/h2-6,17H,7-9H2,1H3,(H,20,21,23). The van der Waals surface area contributed by atoms with Gasteiger partial charge < -0.3 is 19.3 Å². The van der Waals surface area contributed by atoms with Gasteiger partial charge in [-0.3, -0.25) is 14.4 Å². The Labute approximate surface area is 162 Å². The van der Waals surface area contributed by atoms with Gasteiger partial charge in [-0.15, -0.1) is 11.8 Å². The number of benzene rings is 1. The van der Waals surface area contributed by atoms with E-state index in [2.05, 4.69) is 15.2 Å². The molecule has 0 spiro atoms. The van der Waals surface area contributed by atoms with Gasteiger partial charge in [0.15, 0.2) is 18.2 Å². The average molecular weight is 414 g/mol. The number of nitrogens with one attached hydrogen (secondary N) is 1. The Hall–Kier alpha value is -2.95. The molecule has 0 bridgehead atoms. The summed E-state index contributed by atoms with van der Waals surface area (Å²) < 4.78 is 38.0. The summed E-state index contributed by atoms with van der Waals surface area (Å²) in [6, 6.07) is 6.56. The molecule has 28 heavy (non-hydrogen) atoms. The minimum Gasteiger partial charge on any atom is -0.457 e. The van der Waals surface area contributed by atoms with Crippen molar-refractivity contribution in [2.45, 2.75) is 13.5 Å². The highest BCUT2D eigenvalue weighted by molar-refractivity contribution is 8.00. The minimum absolute atomic E-state index is 0.0133. The number of ether oxygens (including phenoxy) is 2. The van der Waals surface area contributed by atoms with Gasteiger partial charge in [-0.25, -0.2) is 0 Å². The van der Waals surface area contributed by atoms with Crippen molar-refractivity contribution in [2.24, 2.45) is 0 Å². The van der Waals surface area contributed by atoms with Crippen molar-refractivity contribution < 1.29 is 37.2 Å². The van der Waals surface area contributed by atoms with Crippen LogP contribution in [-0.4, -0.2) is 47.5 Å². The summed E-state index contributed by atoms with van der Waals surface area (Å²) in [5, 5.41) is 6.10. The maximum absolute atomic E-state index is 12.1. The molecule has 0 unspecified atom stereocenters. The molecule has 1 amide bonds. The van der Waals surface area contributed by atoms with Crippen LogP contribution in [-0.2, 0) is 14.3 Å². The number of anilines is 1. The van der Waals surface area contributed by atoms with Crippen LogP contribution in [0.4, 0.5) is 14.6 Å². The number of aryl methyl sites for hydroxylation is 1. The van der Waals surface area contributed by atoms with E-state index in [1.54, 1.807) is 13.0 Å². The Morgan fingerprint density at radius 3 is 2.54 bits per heavy atom. The second-order valence-corrected chi connectivity index (χ2v) is 6.34. The van der Waals surface area contributed by atoms with Crippen LogP contribution < -0.4 is 10.1 Å². The van der Waals surface area contributed by atoms with Crippen molar-refractivity contribution in [1.29, 1.82) is 0 Å². The zero-order valence-electron chi connectivity index (χ0n) is 14.6. The van der Waals surface area contributed by atoms with Crippen molar-refractivity contribution >= 4 is 35.2 Å². The van der Waals surface area contributed by atoms with Crippen LogP contribution in [0.3, 0.4) is 0 Å². The fourth-order valence-electron chi connectivity index (χ4n) is 1.92. The monoisotopic (exact) mass is 414 g/mol. The van der Waals surface area contributed by atoms with E-state index in [9.17, 15) is 23.2 Å². The zero-order chi connectivity index (χ0) is 20.5. The highest BCUT2D eigenvalue weighted by Gasteiger charge is 2.13. The molecule has 2 aromatic rings. The van der Waals surface area contributed by atoms with Crippen molar-refractivity contribution in [3.63, 3.8) is 0 Å². The molecule has 1 heterocycles. The normalized spacial score (nSPS) is 10.6. The lowest BCUT2D eigenvalue weighted by Crippen LogP contribution is -2.18. The van der Waals surface area contributed by atoms with Gasteiger partial charge in [0.25, 0.3) is 0 Å². The smallest absolute Gasteiger partial charge is 0.387 e. The molecule has 11 heteroatoms. The van der Waals surface area contributed by atoms with Crippen molar-refractivity contribution in [3.8, 4) is 5.75 Å². The molecule has 0 aliphatic heterocycles. The van der Waals surface area contributed by atoms with Crippen LogP contribution in [0, 0.1) is 6.92 Å². The van der Waals surface area contributed by atoms with Gasteiger partial charge in [-0.2, -0.15) is 8.78 Å². The number of amides is 1. The average Bonchev–Trinajstić information content (AvgIpc) is 3.04. The maximum atomic E-state index is 12.1. The molecule has 1 aromatic carbocycles. The highest BCUT2D eigenvalue weighted by Crippen LogP contribution is 2.15. The number of aromatic nitrogens is 1. The molecular weight excluding hydrogens is 398 g/mol. The number of rotatable bonds is 10. The second-order valence-electron chi connectivity index (χ2n) is 5.35. The van der Waals surface area contributed by atoms with E-state index in [1.165, 1.54) is 24.3 Å². The third-order valence-electron chi connectivity index (χ3n) is 3.11. The Bertz CT molecular complexity index is 825. The van der Waals surface area contributed by atoms with Gasteiger partial charge in [-0.05, 0) is 31.2 Å². The van der Waals surface area contributed by atoms with Crippen LogP contribution in [0.15, 0.2) is 34.9 Å². The van der Waals surface area contributed by atoms with Crippen LogP contribution in [0.25, 0.3) is 0 Å². The molecule has 0 fully saturated rings. The predicted octanol–water partition coefficient (Wildman–Crippen LogP) is 2.68. The van der Waals surface area contributed by atoms with E-state index in [0.717, 1.165) is 11.8 Å². The molecule has 0 atom stereocenters. The Morgan fingerprint density at radius 2 is 1.93 bits per heavy atom. The first-order valence-electron chi connectivity index (χ1n) is 7.88. The number of Topliss-reactive ketones (excluding diaryl/α,β-unsaturated/α-hetero) is 1. The van der Waals surface area contributed by atoms with Gasteiger partial charge in [0.1, 0.15) is 11.5 Å². The highest BCUT2D eigenvalue weighted by atomic mass is 32.2. The molecular formula is C17H16F2N2O6S. The number of alkyl halides is 2. The fraction of sp³-hybridized carbons (Fsp3) is 0.294. The fourth-order valence-corrected chi connectivity index (χ4v) is 2.53. The molecule has 0 aliphatic carbocycles. The van der Waals surface area contributed by atoms with Gasteiger partial charge in [0, 0.05) is 11.6 Å². The second kappa shape index (κ2) is 10.4. The van der Waals surface area contributed by atoms with Crippen molar-refractivity contribution in [3.05, 3.63) is 41.7 Å². The molecule has 0 radical (unpaired) electrons. The van der Waals surface area contributed by atoms with Crippen LogP contribution >= 0.6 is 11.8 Å². The number of thioether (sulfide) groups is 1. The first-order chi connectivity index (χ1) is 13.3. The molecule has 0 saturated carbocycles. The van der Waals surface area contributed by atoms with Gasteiger partial charge in [0.05, 0.1) is 11.5 Å². The molecule has 2 rings (SSSR count). The Kier molecular flexibility index (Phi) is 7.93. The van der Waals surface area contributed by atoms with E-state index in [1.807, 2.05) is 0 Å². The molecule has 1 N–H and O–H groups in total. The van der Waals surface area contributed by atoms with E-state index in [0.29, 0.717) is 5.76 Å². The first-order valence-corrected chi connectivity index (χ1v) is 9.03. The van der Waals surface area contributed by atoms with Crippen molar-refractivity contribution in [1.82, 2.24) is 5.16 Å². The number of hydrogen-bond acceptors (Lipinski definition) is 8. The van der Waals surface area contributed by atoms with Crippen molar-refractivity contribution in [2.75, 3.05) is 23.4 Å². The third-order valence-corrected chi connectivity index (χ3v) is 4.02. The molecule has 150 valence electrons. The van der Waals surface area contributed by atoms with E-state index >= 15 is 0 Å². The lowest BCUT2D eigenvalue weighted by Gasteiger charge is -2.06. The largest absolute Gasteiger partial charge is 0.457 e. The Morgan fingerprint density at radius 1 is 1.21 bits per heavy atom. The van der Waals surface area contributed by atoms with E-state index < -0.39 is 25.0 Å². The van der Waals surface area contributed by atoms with Crippen LogP contribution in [0.2, 0.25) is 0 Å². The summed E-state index contributed by atoms with van der Waals surface area (Å²) in [4.78, 5) is 35.2. The number of ketones is 1. The number of hydrogen-bond donors (Lipinski definition) is 1. The summed E-state index contributed by atoms with van der Waals surface area (Å²) in [5.41, 5.74) is 0.185. The van der Waals surface area contributed by atoms with Crippen LogP contribution in [0.5, 0.6) is 5.75 Å². The number of carbonyl (C=O) groups excluding carboxylic acids is 3. The number of carbonyl (C=O) groups is 3. The summed E-state index contributed by atoms with van der Waals surface area (Å²) in [5.74, 6) is -0.927. The summed E-state index contributed by atoms with van der Waals surface area (Å²) in [6.07, 6.45) is 0. The summed E-state index contributed by atoms with van der Waals surface area (Å²) in [6.45, 7) is -1.78. The lowest BCUT2D eigenvalue weighted by atomic mass is 10.1. The summed E-state index contributed by atoms with van der Waals surface area (Å²) in [7, 11) is 0. The van der Waals surface area contributed by atoms with Crippen LogP contribution in [0.1, 0.15) is 16.1 Å². The van der Waals surface area contributed by atoms with Gasteiger partial charge >= 0.3 is 12.6 Å².